The van der Waals surface area contributed by atoms with Gasteiger partial charge >= 0.3 is 0 Å². The molecule has 1 aliphatic carbocycles. The fraction of sp³-hybridized carbons (Fsp3) is 0.714. The van der Waals surface area contributed by atoms with Crippen LogP contribution in [0.5, 0.6) is 0 Å². The second-order valence-electron chi connectivity index (χ2n) is 5.34. The van der Waals surface area contributed by atoms with Crippen LogP contribution in [0.1, 0.15) is 38.5 Å². The molecule has 5 heteroatoms. The molecule has 106 valence electrons. The van der Waals surface area contributed by atoms with Crippen LogP contribution >= 0.6 is 12.4 Å². The maximum absolute atomic E-state index is 12.5. The molecule has 1 saturated carbocycles. The smallest absolute Gasteiger partial charge is 0.241 e. The highest BCUT2D eigenvalue weighted by molar-refractivity contribution is 5.85. The third-order valence-corrected chi connectivity index (χ3v) is 4.30. The number of halogens is 1. The SMILES string of the molecule is C=C[C@H]1CC[C@@H](C#N)N1C(=O)[C@@H](N)C1CCCC1.Cl. The van der Waals surface area contributed by atoms with Crippen LogP contribution in [-0.4, -0.2) is 28.9 Å². The van der Waals surface area contributed by atoms with Gasteiger partial charge in [-0.2, -0.15) is 5.26 Å². The molecule has 1 amide bonds. The lowest BCUT2D eigenvalue weighted by Crippen LogP contribution is -2.51. The maximum Gasteiger partial charge on any atom is 0.241 e. The first-order valence-electron chi connectivity index (χ1n) is 6.79. The first kappa shape index (κ1) is 16.0. The predicted octanol–water partition coefficient (Wildman–Crippen LogP) is 1.99. The van der Waals surface area contributed by atoms with E-state index in [-0.39, 0.29) is 30.4 Å². The third kappa shape index (κ3) is 3.10. The highest BCUT2D eigenvalue weighted by Gasteiger charge is 2.39. The number of hydrogen-bond acceptors (Lipinski definition) is 3. The van der Waals surface area contributed by atoms with Crippen LogP contribution in [0.4, 0.5) is 0 Å². The van der Waals surface area contributed by atoms with E-state index < -0.39 is 6.04 Å². The number of likely N-dealkylation sites (tertiary alicyclic amines) is 1. The molecular weight excluding hydrogens is 262 g/mol. The van der Waals surface area contributed by atoms with Crippen LogP contribution in [0.2, 0.25) is 0 Å². The Bertz CT molecular complexity index is 373. The van der Waals surface area contributed by atoms with Crippen LogP contribution in [-0.2, 0) is 4.79 Å². The number of carbonyl (C=O) groups excluding carboxylic acids is 1. The van der Waals surface area contributed by atoms with Crippen molar-refractivity contribution >= 4 is 18.3 Å². The van der Waals surface area contributed by atoms with E-state index in [9.17, 15) is 4.79 Å². The zero-order valence-corrected chi connectivity index (χ0v) is 11.9. The van der Waals surface area contributed by atoms with Gasteiger partial charge in [-0.25, -0.2) is 0 Å². The van der Waals surface area contributed by atoms with Crippen LogP contribution in [0, 0.1) is 17.2 Å². The van der Waals surface area contributed by atoms with E-state index in [1.54, 1.807) is 11.0 Å². The summed E-state index contributed by atoms with van der Waals surface area (Å²) in [5.41, 5.74) is 6.10. The molecule has 0 aromatic rings. The average molecular weight is 284 g/mol. The van der Waals surface area contributed by atoms with Crippen LogP contribution in [0.3, 0.4) is 0 Å². The molecule has 0 spiro atoms. The van der Waals surface area contributed by atoms with Gasteiger partial charge in [-0.1, -0.05) is 18.9 Å². The fourth-order valence-corrected chi connectivity index (χ4v) is 3.20. The normalized spacial score (nSPS) is 28.5. The van der Waals surface area contributed by atoms with Gasteiger partial charge in [0.1, 0.15) is 6.04 Å². The molecule has 0 aromatic heterocycles. The summed E-state index contributed by atoms with van der Waals surface area (Å²) in [7, 11) is 0. The first-order valence-corrected chi connectivity index (χ1v) is 6.79. The molecule has 0 bridgehead atoms. The van der Waals surface area contributed by atoms with Crippen LogP contribution in [0.15, 0.2) is 12.7 Å². The number of hydrogen-bond donors (Lipinski definition) is 1. The van der Waals surface area contributed by atoms with Crippen molar-refractivity contribution in [2.75, 3.05) is 0 Å². The minimum absolute atomic E-state index is 0. The van der Waals surface area contributed by atoms with E-state index in [1.165, 1.54) is 0 Å². The van der Waals surface area contributed by atoms with Crippen LogP contribution in [0.25, 0.3) is 0 Å². The number of nitriles is 1. The van der Waals surface area contributed by atoms with E-state index >= 15 is 0 Å². The molecular formula is C14H22ClN3O. The van der Waals surface area contributed by atoms with Gasteiger partial charge < -0.3 is 10.6 Å². The van der Waals surface area contributed by atoms with Crippen molar-refractivity contribution in [1.82, 2.24) is 4.90 Å². The van der Waals surface area contributed by atoms with E-state index in [0.29, 0.717) is 5.92 Å². The first-order chi connectivity index (χ1) is 8.69. The van der Waals surface area contributed by atoms with Gasteiger partial charge in [-0.3, -0.25) is 4.79 Å². The molecule has 2 aliphatic rings. The third-order valence-electron chi connectivity index (χ3n) is 4.30. The molecule has 2 fully saturated rings. The quantitative estimate of drug-likeness (QED) is 0.805. The lowest BCUT2D eigenvalue weighted by atomic mass is 9.97. The number of rotatable bonds is 3. The Morgan fingerprint density at radius 2 is 2.00 bits per heavy atom. The standard InChI is InChI=1S/C14H21N3O.ClH/c1-2-11-7-8-12(9-15)17(11)14(18)13(16)10-5-3-4-6-10;/h2,10-13H,1,3-8,16H2;1H/t11-,12-,13-;/m0./s1. The Labute approximate surface area is 121 Å². The van der Waals surface area contributed by atoms with Gasteiger partial charge in [0.25, 0.3) is 0 Å². The minimum Gasteiger partial charge on any atom is -0.320 e. The molecule has 1 heterocycles. The lowest BCUT2D eigenvalue weighted by Gasteiger charge is -2.30. The van der Waals surface area contributed by atoms with Crippen molar-refractivity contribution < 1.29 is 4.79 Å². The van der Waals surface area contributed by atoms with E-state index in [0.717, 1.165) is 38.5 Å². The molecule has 2 N–H and O–H groups in total. The van der Waals surface area contributed by atoms with Crippen LogP contribution < -0.4 is 5.73 Å². The highest BCUT2D eigenvalue weighted by Crippen LogP contribution is 2.31. The van der Waals surface area contributed by atoms with Gasteiger partial charge in [0, 0.05) is 0 Å². The zero-order chi connectivity index (χ0) is 13.1. The van der Waals surface area contributed by atoms with Gasteiger partial charge in [0.05, 0.1) is 18.2 Å². The monoisotopic (exact) mass is 283 g/mol. The summed E-state index contributed by atoms with van der Waals surface area (Å²) in [6.45, 7) is 3.76. The average Bonchev–Trinajstić information content (AvgIpc) is 3.05. The van der Waals surface area contributed by atoms with Gasteiger partial charge in [0.15, 0.2) is 0 Å². The van der Waals surface area contributed by atoms with Crippen molar-refractivity contribution in [3.63, 3.8) is 0 Å². The summed E-state index contributed by atoms with van der Waals surface area (Å²) in [4.78, 5) is 14.1. The maximum atomic E-state index is 12.5. The second kappa shape index (κ2) is 6.93. The van der Waals surface area contributed by atoms with E-state index in [1.807, 2.05) is 0 Å². The largest absolute Gasteiger partial charge is 0.320 e. The molecule has 4 nitrogen and oxygen atoms in total. The number of nitrogens with two attached hydrogens (primary N) is 1. The Kier molecular flexibility index (Phi) is 5.84. The Hall–Kier alpha value is -1.05. The zero-order valence-electron chi connectivity index (χ0n) is 11.1. The predicted molar refractivity (Wildman–Crippen MR) is 76.6 cm³/mol. The van der Waals surface area contributed by atoms with Gasteiger partial charge in [0.2, 0.25) is 5.91 Å². The summed E-state index contributed by atoms with van der Waals surface area (Å²) < 4.78 is 0. The summed E-state index contributed by atoms with van der Waals surface area (Å²) in [6.07, 6.45) is 7.72. The van der Waals surface area contributed by atoms with Gasteiger partial charge in [-0.05, 0) is 31.6 Å². The molecule has 0 radical (unpaired) electrons. The molecule has 19 heavy (non-hydrogen) atoms. The number of amides is 1. The summed E-state index contributed by atoms with van der Waals surface area (Å²) >= 11 is 0. The summed E-state index contributed by atoms with van der Waals surface area (Å²) in [5, 5.41) is 9.13. The van der Waals surface area contributed by atoms with Crippen molar-refractivity contribution in [3.8, 4) is 6.07 Å². The Balaban J connectivity index is 0.00000180. The molecule has 1 aliphatic heterocycles. The Morgan fingerprint density at radius 1 is 1.37 bits per heavy atom. The van der Waals surface area contributed by atoms with Crippen molar-refractivity contribution in [3.05, 3.63) is 12.7 Å². The minimum atomic E-state index is -0.441. The van der Waals surface area contributed by atoms with Crippen molar-refractivity contribution in [1.29, 1.82) is 5.26 Å². The molecule has 3 atom stereocenters. The Morgan fingerprint density at radius 3 is 2.53 bits per heavy atom. The van der Waals surface area contributed by atoms with E-state index in [4.69, 9.17) is 11.0 Å². The van der Waals surface area contributed by atoms with Crippen molar-refractivity contribution in [2.24, 2.45) is 11.7 Å². The topological polar surface area (TPSA) is 70.1 Å². The number of carbonyl (C=O) groups is 1. The molecule has 1 saturated heterocycles. The fourth-order valence-electron chi connectivity index (χ4n) is 3.20. The molecule has 0 aromatic carbocycles. The number of nitrogens with zero attached hydrogens (tertiary/aromatic N) is 2. The summed E-state index contributed by atoms with van der Waals surface area (Å²) in [5.74, 6) is 0.235. The summed E-state index contributed by atoms with van der Waals surface area (Å²) in [6, 6.07) is 1.42. The van der Waals surface area contributed by atoms with Crippen molar-refractivity contribution in [2.45, 2.75) is 56.7 Å². The molecule has 0 unspecified atom stereocenters. The lowest BCUT2D eigenvalue weighted by molar-refractivity contribution is -0.135. The van der Waals surface area contributed by atoms with E-state index in [2.05, 4.69) is 12.6 Å². The van der Waals surface area contributed by atoms with Gasteiger partial charge in [-0.15, -0.1) is 19.0 Å². The second-order valence-corrected chi connectivity index (χ2v) is 5.34. The highest BCUT2D eigenvalue weighted by atomic mass is 35.5. The molecule has 2 rings (SSSR count).